The van der Waals surface area contributed by atoms with Gasteiger partial charge in [-0.1, -0.05) is 12.1 Å². The molecule has 9 nitrogen and oxygen atoms in total. The molecule has 0 radical (unpaired) electrons. The zero-order chi connectivity index (χ0) is 25.5. The number of carbonyl (C=O) groups excluding carboxylic acids is 1. The molecular weight excluding hydrogens is 454 g/mol. The number of aromatic nitrogens is 2. The zero-order valence-corrected chi connectivity index (χ0v) is 21.5. The van der Waals surface area contributed by atoms with E-state index in [1.165, 1.54) is 18.4 Å². The minimum absolute atomic E-state index is 0.0540. The molecule has 1 aliphatic carbocycles. The number of piperidine rings is 1. The lowest BCUT2D eigenvalue weighted by Gasteiger charge is -2.38. The second-order valence-electron chi connectivity index (χ2n) is 11.3. The number of rotatable bonds is 6. The van der Waals surface area contributed by atoms with Crippen molar-refractivity contribution in [3.05, 3.63) is 52.6 Å². The number of likely N-dealkylation sites (tertiary alicyclic amines) is 1. The molecule has 1 aromatic carbocycles. The van der Waals surface area contributed by atoms with Crippen LogP contribution in [0.4, 0.5) is 5.82 Å². The predicted octanol–water partition coefficient (Wildman–Crippen LogP) is 1.12. The van der Waals surface area contributed by atoms with Crippen LogP contribution in [-0.2, 0) is 11.2 Å². The highest BCUT2D eigenvalue weighted by molar-refractivity contribution is 5.85. The van der Waals surface area contributed by atoms with Crippen LogP contribution in [0, 0.1) is 0 Å². The van der Waals surface area contributed by atoms with Gasteiger partial charge in [-0.2, -0.15) is 4.98 Å². The van der Waals surface area contributed by atoms with Gasteiger partial charge in [0.25, 0.3) is 0 Å². The molecule has 5 rings (SSSR count). The van der Waals surface area contributed by atoms with Crippen LogP contribution in [0.3, 0.4) is 0 Å². The average Bonchev–Trinajstić information content (AvgIpc) is 3.64. The Morgan fingerprint density at radius 2 is 1.67 bits per heavy atom. The van der Waals surface area contributed by atoms with Gasteiger partial charge in [0, 0.05) is 57.0 Å². The molecule has 0 unspecified atom stereocenters. The van der Waals surface area contributed by atoms with E-state index in [2.05, 4.69) is 22.0 Å². The first-order valence-electron chi connectivity index (χ1n) is 13.2. The number of amides is 1. The highest BCUT2D eigenvalue weighted by atomic mass is 16.2. The molecule has 3 heterocycles. The average molecular weight is 494 g/mol. The van der Waals surface area contributed by atoms with Crippen molar-refractivity contribution in [1.29, 1.82) is 0 Å². The molecule has 2 saturated heterocycles. The highest BCUT2D eigenvalue weighted by Crippen LogP contribution is 2.45. The Morgan fingerprint density at radius 1 is 1.03 bits per heavy atom. The van der Waals surface area contributed by atoms with Gasteiger partial charge in [-0.25, -0.2) is 4.79 Å². The fourth-order valence-corrected chi connectivity index (χ4v) is 5.59. The molecular formula is C27H39N7O2. The SMILES string of the molecule is CC(C)(N)C(=O)N1CCN(c2ccn(-c3ccc(CC4(N5CCC(N)CC5)CC4)cc3)c(=O)n2)CC1. The van der Waals surface area contributed by atoms with Crippen LogP contribution in [0.2, 0.25) is 0 Å². The molecule has 9 heteroatoms. The predicted molar refractivity (Wildman–Crippen MR) is 141 cm³/mol. The molecule has 1 amide bonds. The van der Waals surface area contributed by atoms with Crippen LogP contribution in [0.25, 0.3) is 5.69 Å². The quantitative estimate of drug-likeness (QED) is 0.620. The van der Waals surface area contributed by atoms with Gasteiger partial charge in [-0.3, -0.25) is 14.3 Å². The van der Waals surface area contributed by atoms with Crippen LogP contribution >= 0.6 is 0 Å². The minimum Gasteiger partial charge on any atom is -0.353 e. The van der Waals surface area contributed by atoms with Gasteiger partial charge in [-0.15, -0.1) is 0 Å². The third-order valence-electron chi connectivity index (χ3n) is 8.02. The first-order valence-corrected chi connectivity index (χ1v) is 13.2. The minimum atomic E-state index is -0.878. The van der Waals surface area contributed by atoms with Gasteiger partial charge >= 0.3 is 5.69 Å². The summed E-state index contributed by atoms with van der Waals surface area (Å²) in [5.74, 6) is 0.589. The summed E-state index contributed by atoms with van der Waals surface area (Å²) in [6, 6.07) is 10.5. The van der Waals surface area contributed by atoms with E-state index in [0.717, 1.165) is 38.0 Å². The van der Waals surface area contributed by atoms with Crippen molar-refractivity contribution >= 4 is 11.7 Å². The summed E-state index contributed by atoms with van der Waals surface area (Å²) in [7, 11) is 0. The van der Waals surface area contributed by atoms with E-state index >= 15 is 0 Å². The Labute approximate surface area is 213 Å². The summed E-state index contributed by atoms with van der Waals surface area (Å²) in [5.41, 5.74) is 13.3. The zero-order valence-electron chi connectivity index (χ0n) is 21.5. The fraction of sp³-hybridized carbons (Fsp3) is 0.593. The van der Waals surface area contributed by atoms with Crippen molar-refractivity contribution in [1.82, 2.24) is 19.4 Å². The van der Waals surface area contributed by atoms with E-state index in [9.17, 15) is 9.59 Å². The Morgan fingerprint density at radius 3 is 2.22 bits per heavy atom. The summed E-state index contributed by atoms with van der Waals surface area (Å²) in [6.07, 6.45) is 7.52. The molecule has 1 saturated carbocycles. The number of nitrogens with zero attached hydrogens (tertiary/aromatic N) is 5. The van der Waals surface area contributed by atoms with Gasteiger partial charge in [0.1, 0.15) is 5.82 Å². The summed E-state index contributed by atoms with van der Waals surface area (Å²) in [4.78, 5) is 36.1. The van der Waals surface area contributed by atoms with Crippen molar-refractivity contribution < 1.29 is 4.79 Å². The molecule has 4 N–H and O–H groups in total. The number of anilines is 1. The standard InChI is InChI=1S/C27H39N7O2/c1-26(2,29)24(35)32-17-15-31(16-18-32)23-9-14-34(25(36)30-23)22-5-3-20(4-6-22)19-27(10-11-27)33-12-7-21(28)8-13-33/h3-6,9,14,21H,7-8,10-13,15-19,28-29H2,1-2H3. The van der Waals surface area contributed by atoms with E-state index in [4.69, 9.17) is 11.5 Å². The molecule has 2 aromatic rings. The van der Waals surface area contributed by atoms with Crippen LogP contribution in [-0.4, -0.2) is 81.6 Å². The Hall–Kier alpha value is -2.75. The molecule has 36 heavy (non-hydrogen) atoms. The van der Waals surface area contributed by atoms with Gasteiger partial charge in [-0.05, 0) is 69.7 Å². The Balaban J connectivity index is 1.21. The first-order chi connectivity index (χ1) is 17.1. The van der Waals surface area contributed by atoms with E-state index in [1.54, 1.807) is 29.5 Å². The van der Waals surface area contributed by atoms with E-state index in [-0.39, 0.29) is 11.6 Å². The van der Waals surface area contributed by atoms with Crippen molar-refractivity contribution in [3.63, 3.8) is 0 Å². The van der Waals surface area contributed by atoms with Crippen molar-refractivity contribution in [2.75, 3.05) is 44.2 Å². The van der Waals surface area contributed by atoms with Crippen LogP contribution in [0.5, 0.6) is 0 Å². The topological polar surface area (TPSA) is 114 Å². The van der Waals surface area contributed by atoms with Gasteiger partial charge < -0.3 is 21.3 Å². The molecule has 194 valence electrons. The van der Waals surface area contributed by atoms with Crippen molar-refractivity contribution in [2.24, 2.45) is 11.5 Å². The summed E-state index contributed by atoms with van der Waals surface area (Å²) < 4.78 is 1.59. The molecule has 2 aliphatic heterocycles. The largest absolute Gasteiger partial charge is 0.354 e. The maximum absolute atomic E-state index is 12.9. The van der Waals surface area contributed by atoms with Gasteiger partial charge in [0.2, 0.25) is 5.91 Å². The first kappa shape index (κ1) is 24.9. The molecule has 3 fully saturated rings. The molecule has 3 aliphatic rings. The van der Waals surface area contributed by atoms with Crippen molar-refractivity contribution in [3.8, 4) is 5.69 Å². The molecule has 0 spiro atoms. The second kappa shape index (κ2) is 9.61. The number of carbonyl (C=O) groups is 1. The smallest absolute Gasteiger partial charge is 0.353 e. The number of benzene rings is 1. The van der Waals surface area contributed by atoms with Gasteiger partial charge in [0.15, 0.2) is 0 Å². The van der Waals surface area contributed by atoms with Crippen LogP contribution < -0.4 is 22.1 Å². The lowest BCUT2D eigenvalue weighted by molar-refractivity contribution is -0.136. The maximum Gasteiger partial charge on any atom is 0.354 e. The van der Waals surface area contributed by atoms with Crippen LogP contribution in [0.15, 0.2) is 41.3 Å². The summed E-state index contributed by atoms with van der Waals surface area (Å²) in [6.45, 7) is 8.03. The van der Waals surface area contributed by atoms with E-state index < -0.39 is 5.54 Å². The van der Waals surface area contributed by atoms with E-state index in [0.29, 0.717) is 43.6 Å². The second-order valence-corrected chi connectivity index (χ2v) is 11.3. The highest BCUT2D eigenvalue weighted by Gasteiger charge is 2.48. The lowest BCUT2D eigenvalue weighted by Crippen LogP contribution is -2.57. The van der Waals surface area contributed by atoms with Crippen LogP contribution in [0.1, 0.15) is 45.1 Å². The molecule has 1 aromatic heterocycles. The molecule has 0 bridgehead atoms. The normalized spacial score (nSPS) is 21.0. The Kier molecular flexibility index (Phi) is 6.65. The summed E-state index contributed by atoms with van der Waals surface area (Å²) in [5, 5.41) is 0. The third-order valence-corrected chi connectivity index (χ3v) is 8.02. The number of piperazine rings is 1. The third kappa shape index (κ3) is 5.19. The monoisotopic (exact) mass is 493 g/mol. The number of nitrogens with two attached hydrogens (primary N) is 2. The maximum atomic E-state index is 12.9. The van der Waals surface area contributed by atoms with Crippen molar-refractivity contribution in [2.45, 2.75) is 63.1 Å². The van der Waals surface area contributed by atoms with Gasteiger partial charge in [0.05, 0.1) is 11.2 Å². The fourth-order valence-electron chi connectivity index (χ4n) is 5.59. The number of hydrogen-bond acceptors (Lipinski definition) is 7. The van der Waals surface area contributed by atoms with E-state index in [1.807, 2.05) is 23.1 Å². The lowest BCUT2D eigenvalue weighted by atomic mass is 9.98. The Bertz CT molecular complexity index is 1130. The summed E-state index contributed by atoms with van der Waals surface area (Å²) >= 11 is 0. The molecule has 0 atom stereocenters. The number of hydrogen-bond donors (Lipinski definition) is 2.